The van der Waals surface area contributed by atoms with E-state index in [0.29, 0.717) is 0 Å². The highest BCUT2D eigenvalue weighted by molar-refractivity contribution is 8.00. The maximum absolute atomic E-state index is 12.6. The third kappa shape index (κ3) is 22.6. The molecule has 0 bridgehead atoms. The number of aliphatic hydroxyl groups is 1. The van der Waals surface area contributed by atoms with Gasteiger partial charge in [-0.1, -0.05) is 67.7 Å². The lowest BCUT2D eigenvalue weighted by molar-refractivity contribution is -0.139. The molecule has 0 aliphatic heterocycles. The summed E-state index contributed by atoms with van der Waals surface area (Å²) in [6.45, 7) is 1.40. The van der Waals surface area contributed by atoms with Gasteiger partial charge in [-0.15, -0.1) is 11.8 Å². The number of amides is 2. The number of aliphatic hydroxyl groups excluding tert-OH is 1. The zero-order chi connectivity index (χ0) is 32.5. The average molecular weight is 624 g/mol. The van der Waals surface area contributed by atoms with Crippen molar-refractivity contribution in [1.82, 2.24) is 10.6 Å². The van der Waals surface area contributed by atoms with Crippen LogP contribution in [0.1, 0.15) is 58.3 Å². The first-order valence-corrected chi connectivity index (χ1v) is 15.1. The maximum atomic E-state index is 12.6. The number of carbonyl (C=O) groups is 5. The van der Waals surface area contributed by atoms with Gasteiger partial charge in [0.1, 0.15) is 18.6 Å². The quantitative estimate of drug-likeness (QED) is 0.0612. The SMILES string of the molecule is CC/C=C\C/C=C\C\C=C/C=C/C=C/[C@@H](SC[C@H](NC(=O)CC[C@H](N)C(=O)O)C(=O)NCC(=O)O)[C@@H](O)CCCC(=O)O. The monoisotopic (exact) mass is 623 g/mol. The van der Waals surface area contributed by atoms with E-state index in [9.17, 15) is 29.1 Å². The summed E-state index contributed by atoms with van der Waals surface area (Å²) in [7, 11) is 0. The maximum Gasteiger partial charge on any atom is 0.322 e. The Kier molecular flexibility index (Phi) is 22.7. The lowest BCUT2D eigenvalue weighted by atomic mass is 10.1. The first-order chi connectivity index (χ1) is 20.5. The van der Waals surface area contributed by atoms with Crippen molar-refractivity contribution in [1.29, 1.82) is 0 Å². The van der Waals surface area contributed by atoms with Crippen LogP contribution in [0.15, 0.2) is 60.8 Å². The molecule has 0 rings (SSSR count). The Hall–Kier alpha value is -3.68. The average Bonchev–Trinajstić information content (AvgIpc) is 2.95. The summed E-state index contributed by atoms with van der Waals surface area (Å²) in [5.41, 5.74) is 5.43. The van der Waals surface area contributed by atoms with Gasteiger partial charge in [-0.05, 0) is 38.5 Å². The molecular weight excluding hydrogens is 578 g/mol. The molecule has 0 radical (unpaired) electrons. The van der Waals surface area contributed by atoms with Gasteiger partial charge in [0.2, 0.25) is 11.8 Å². The van der Waals surface area contributed by atoms with E-state index in [4.69, 9.17) is 21.1 Å². The number of hydrogen-bond acceptors (Lipinski definition) is 8. The molecule has 4 atom stereocenters. The second-order valence-corrected chi connectivity index (χ2v) is 10.6. The van der Waals surface area contributed by atoms with Crippen LogP contribution < -0.4 is 16.4 Å². The molecule has 2 amide bonds. The number of hydrogen-bond donors (Lipinski definition) is 7. The van der Waals surface area contributed by atoms with Gasteiger partial charge in [0.05, 0.1) is 6.10 Å². The fourth-order valence-electron chi connectivity index (χ4n) is 3.35. The van der Waals surface area contributed by atoms with Crippen molar-refractivity contribution < 1.29 is 44.4 Å². The van der Waals surface area contributed by atoms with Crippen LogP contribution >= 0.6 is 11.8 Å². The van der Waals surface area contributed by atoms with Gasteiger partial charge < -0.3 is 36.8 Å². The zero-order valence-corrected chi connectivity index (χ0v) is 25.3. The van der Waals surface area contributed by atoms with Crippen molar-refractivity contribution in [3.8, 4) is 0 Å². The Balaban J connectivity index is 5.41. The van der Waals surface area contributed by atoms with Crippen LogP contribution in [0.5, 0.6) is 0 Å². The van der Waals surface area contributed by atoms with Crippen LogP contribution in [0.2, 0.25) is 0 Å². The number of aliphatic carboxylic acids is 3. The summed E-state index contributed by atoms with van der Waals surface area (Å²) in [5.74, 6) is -5.03. The number of nitrogens with one attached hydrogen (secondary N) is 2. The molecule has 0 unspecified atom stereocenters. The predicted octanol–water partition coefficient (Wildman–Crippen LogP) is 2.55. The lowest BCUT2D eigenvalue weighted by Gasteiger charge is -2.23. The highest BCUT2D eigenvalue weighted by Gasteiger charge is 2.25. The van der Waals surface area contributed by atoms with Gasteiger partial charge in [0.15, 0.2) is 0 Å². The molecule has 0 aromatic rings. The standard InChI is InChI=1S/C30H45N3O9S/c1-2-3-4-5-6-7-8-9-10-11-12-13-16-25(24(34)15-14-17-27(36)37)43-21-23(29(40)32-20-28(38)39)33-26(35)19-18-22(31)30(41)42/h3-4,6-7,9-13,16,22-25,34H,2,5,8,14-15,17-21,31H2,1H3,(H,32,40)(H,33,35)(H,36,37)(H,38,39)(H,41,42)/b4-3-,7-6-,10-9-,12-11+,16-13+/t22-,23-,24-,25+/m0/s1. The first kappa shape index (κ1) is 39.3. The number of allylic oxidation sites excluding steroid dienone is 9. The summed E-state index contributed by atoms with van der Waals surface area (Å²) in [6, 6.07) is -2.45. The number of rotatable bonds is 24. The van der Waals surface area contributed by atoms with E-state index in [1.165, 1.54) is 0 Å². The van der Waals surface area contributed by atoms with Crippen LogP contribution in [0.25, 0.3) is 0 Å². The Morgan fingerprint density at radius 1 is 0.837 bits per heavy atom. The van der Waals surface area contributed by atoms with Crippen molar-refractivity contribution in [2.45, 2.75) is 81.7 Å². The van der Waals surface area contributed by atoms with Gasteiger partial charge in [-0.3, -0.25) is 24.0 Å². The molecule has 0 spiro atoms. The second-order valence-electron chi connectivity index (χ2n) is 9.39. The van der Waals surface area contributed by atoms with Crippen molar-refractivity contribution in [2.75, 3.05) is 12.3 Å². The molecule has 13 heteroatoms. The van der Waals surface area contributed by atoms with E-state index in [2.05, 4.69) is 41.9 Å². The number of thioether (sulfide) groups is 1. The van der Waals surface area contributed by atoms with E-state index in [-0.39, 0.29) is 37.9 Å². The third-order valence-corrected chi connectivity index (χ3v) is 7.06. The van der Waals surface area contributed by atoms with E-state index in [1.54, 1.807) is 18.2 Å². The summed E-state index contributed by atoms with van der Waals surface area (Å²) in [4.78, 5) is 57.8. The molecule has 0 fully saturated rings. The summed E-state index contributed by atoms with van der Waals surface area (Å²) >= 11 is 1.12. The number of carboxylic acids is 3. The third-order valence-electron chi connectivity index (χ3n) is 5.67. The molecule has 43 heavy (non-hydrogen) atoms. The minimum absolute atomic E-state index is 0.0590. The van der Waals surface area contributed by atoms with Crippen molar-refractivity contribution in [3.05, 3.63) is 60.8 Å². The topological polar surface area (TPSA) is 216 Å². The molecule has 0 aliphatic rings. The van der Waals surface area contributed by atoms with Crippen molar-refractivity contribution in [3.63, 3.8) is 0 Å². The van der Waals surface area contributed by atoms with Crippen LogP contribution in [-0.2, 0) is 24.0 Å². The van der Waals surface area contributed by atoms with Gasteiger partial charge in [0, 0.05) is 23.8 Å². The van der Waals surface area contributed by atoms with Crippen LogP contribution in [0.3, 0.4) is 0 Å². The normalized spacial score (nSPS) is 14.9. The van der Waals surface area contributed by atoms with Gasteiger partial charge >= 0.3 is 17.9 Å². The van der Waals surface area contributed by atoms with E-state index in [1.807, 2.05) is 18.2 Å². The van der Waals surface area contributed by atoms with Gasteiger partial charge in [0.25, 0.3) is 0 Å². The first-order valence-electron chi connectivity index (χ1n) is 14.1. The molecule has 0 saturated carbocycles. The molecule has 0 aliphatic carbocycles. The van der Waals surface area contributed by atoms with Crippen molar-refractivity contribution >= 4 is 41.5 Å². The number of carboxylic acid groups (broad SMARTS) is 3. The van der Waals surface area contributed by atoms with Crippen LogP contribution in [0.4, 0.5) is 0 Å². The molecular formula is C30H45N3O9S. The fraction of sp³-hybridized carbons (Fsp3) is 0.500. The smallest absolute Gasteiger partial charge is 0.322 e. The molecule has 8 N–H and O–H groups in total. The van der Waals surface area contributed by atoms with Crippen LogP contribution in [0, 0.1) is 0 Å². The fourth-order valence-corrected chi connectivity index (χ4v) is 4.56. The highest BCUT2D eigenvalue weighted by atomic mass is 32.2. The largest absolute Gasteiger partial charge is 0.481 e. The second kappa shape index (κ2) is 24.9. The lowest BCUT2D eigenvalue weighted by Crippen LogP contribution is -2.50. The summed E-state index contributed by atoms with van der Waals surface area (Å²) in [5, 5.41) is 41.6. The summed E-state index contributed by atoms with van der Waals surface area (Å²) in [6.07, 6.45) is 20.7. The molecule has 240 valence electrons. The Labute approximate surface area is 256 Å². The van der Waals surface area contributed by atoms with Gasteiger partial charge in [-0.25, -0.2) is 0 Å². The van der Waals surface area contributed by atoms with E-state index < -0.39 is 59.7 Å². The van der Waals surface area contributed by atoms with E-state index >= 15 is 0 Å². The minimum Gasteiger partial charge on any atom is -0.481 e. The molecule has 0 saturated heterocycles. The molecule has 0 aromatic carbocycles. The predicted molar refractivity (Wildman–Crippen MR) is 166 cm³/mol. The Morgan fingerprint density at radius 2 is 1.49 bits per heavy atom. The Morgan fingerprint density at radius 3 is 2.12 bits per heavy atom. The van der Waals surface area contributed by atoms with Crippen LogP contribution in [-0.4, -0.2) is 85.9 Å². The molecule has 0 heterocycles. The number of carbonyl (C=O) groups excluding carboxylic acids is 2. The van der Waals surface area contributed by atoms with E-state index in [0.717, 1.165) is 31.0 Å². The zero-order valence-electron chi connectivity index (χ0n) is 24.5. The molecule has 0 aromatic heterocycles. The summed E-state index contributed by atoms with van der Waals surface area (Å²) < 4.78 is 0. The Bertz CT molecular complexity index is 1020. The molecule has 12 nitrogen and oxygen atoms in total. The highest BCUT2D eigenvalue weighted by Crippen LogP contribution is 2.22. The number of nitrogens with two attached hydrogens (primary N) is 1. The van der Waals surface area contributed by atoms with Gasteiger partial charge in [-0.2, -0.15) is 0 Å². The minimum atomic E-state index is -1.28. The van der Waals surface area contributed by atoms with Crippen molar-refractivity contribution in [2.24, 2.45) is 5.73 Å².